The number of hydrogen-bond donors (Lipinski definition) is 2. The number of nitrogens with two attached hydrogens (primary N) is 1. The summed E-state index contributed by atoms with van der Waals surface area (Å²) in [6.07, 6.45) is 1.11. The highest BCUT2D eigenvalue weighted by Crippen LogP contribution is 2.20. The SMILES string of the molecule is Cc1cccc(NC(CN)C2CCOC2)c1. The lowest BCUT2D eigenvalue weighted by Gasteiger charge is -2.23. The molecule has 1 aromatic carbocycles. The molecule has 1 aromatic rings. The van der Waals surface area contributed by atoms with Crippen LogP contribution in [0.25, 0.3) is 0 Å². The number of rotatable bonds is 4. The topological polar surface area (TPSA) is 47.3 Å². The van der Waals surface area contributed by atoms with Gasteiger partial charge in [0.15, 0.2) is 0 Å². The third-order valence-corrected chi connectivity index (χ3v) is 3.16. The zero-order chi connectivity index (χ0) is 11.4. The summed E-state index contributed by atoms with van der Waals surface area (Å²) in [6.45, 7) is 4.46. The number of aryl methyl sites for hydroxylation is 1. The van der Waals surface area contributed by atoms with Crippen LogP contribution in [-0.2, 0) is 4.74 Å². The van der Waals surface area contributed by atoms with Gasteiger partial charge in [-0.1, -0.05) is 12.1 Å². The quantitative estimate of drug-likeness (QED) is 0.813. The first-order chi connectivity index (χ1) is 7.79. The van der Waals surface area contributed by atoms with E-state index in [0.717, 1.165) is 25.3 Å². The Kier molecular flexibility index (Phi) is 3.80. The second-order valence-electron chi connectivity index (χ2n) is 4.48. The predicted octanol–water partition coefficient (Wildman–Crippen LogP) is 1.77. The van der Waals surface area contributed by atoms with Gasteiger partial charge in [0, 0.05) is 30.8 Å². The Labute approximate surface area is 97.0 Å². The number of hydrogen-bond acceptors (Lipinski definition) is 3. The Morgan fingerprint density at radius 1 is 1.56 bits per heavy atom. The van der Waals surface area contributed by atoms with Gasteiger partial charge < -0.3 is 15.8 Å². The van der Waals surface area contributed by atoms with E-state index in [1.165, 1.54) is 5.56 Å². The molecule has 1 aliphatic heterocycles. The van der Waals surface area contributed by atoms with E-state index in [4.69, 9.17) is 10.5 Å². The molecule has 1 fully saturated rings. The van der Waals surface area contributed by atoms with Gasteiger partial charge in [0.2, 0.25) is 0 Å². The summed E-state index contributed by atoms with van der Waals surface area (Å²) in [5, 5.41) is 3.51. The molecule has 3 N–H and O–H groups in total. The second-order valence-corrected chi connectivity index (χ2v) is 4.48. The van der Waals surface area contributed by atoms with Gasteiger partial charge in [-0.15, -0.1) is 0 Å². The van der Waals surface area contributed by atoms with Gasteiger partial charge in [-0.05, 0) is 31.0 Å². The first-order valence-electron chi connectivity index (χ1n) is 5.90. The van der Waals surface area contributed by atoms with Gasteiger partial charge in [0.25, 0.3) is 0 Å². The third-order valence-electron chi connectivity index (χ3n) is 3.16. The Bertz CT molecular complexity index is 334. The summed E-state index contributed by atoms with van der Waals surface area (Å²) in [7, 11) is 0. The molecule has 2 rings (SSSR count). The van der Waals surface area contributed by atoms with E-state index in [0.29, 0.717) is 18.5 Å². The standard InChI is InChI=1S/C13H20N2O/c1-10-3-2-4-12(7-10)15-13(8-14)11-5-6-16-9-11/h2-4,7,11,13,15H,5-6,8-9,14H2,1H3. The minimum Gasteiger partial charge on any atom is -0.381 e. The van der Waals surface area contributed by atoms with Crippen LogP contribution in [0.3, 0.4) is 0 Å². The molecule has 0 radical (unpaired) electrons. The van der Waals surface area contributed by atoms with Crippen LogP contribution < -0.4 is 11.1 Å². The highest BCUT2D eigenvalue weighted by atomic mass is 16.5. The van der Waals surface area contributed by atoms with Gasteiger partial charge in [0.1, 0.15) is 0 Å². The van der Waals surface area contributed by atoms with E-state index in [9.17, 15) is 0 Å². The van der Waals surface area contributed by atoms with Crippen molar-refractivity contribution >= 4 is 5.69 Å². The minimum atomic E-state index is 0.323. The lowest BCUT2D eigenvalue weighted by atomic mass is 9.99. The van der Waals surface area contributed by atoms with Crippen LogP contribution in [0.5, 0.6) is 0 Å². The van der Waals surface area contributed by atoms with E-state index in [1.807, 2.05) is 0 Å². The van der Waals surface area contributed by atoms with Crippen LogP contribution in [0.2, 0.25) is 0 Å². The van der Waals surface area contributed by atoms with Crippen molar-refractivity contribution in [3.05, 3.63) is 29.8 Å². The highest BCUT2D eigenvalue weighted by Gasteiger charge is 2.24. The van der Waals surface area contributed by atoms with Crippen molar-refractivity contribution in [1.82, 2.24) is 0 Å². The van der Waals surface area contributed by atoms with Crippen LogP contribution in [0.1, 0.15) is 12.0 Å². The monoisotopic (exact) mass is 220 g/mol. The van der Waals surface area contributed by atoms with Crippen molar-refractivity contribution in [2.24, 2.45) is 11.7 Å². The summed E-state index contributed by atoms with van der Waals surface area (Å²) < 4.78 is 5.41. The molecular weight excluding hydrogens is 200 g/mol. The van der Waals surface area contributed by atoms with Crippen LogP contribution in [0.15, 0.2) is 24.3 Å². The lowest BCUT2D eigenvalue weighted by Crippen LogP contribution is -2.36. The zero-order valence-corrected chi connectivity index (χ0v) is 9.78. The zero-order valence-electron chi connectivity index (χ0n) is 9.78. The van der Waals surface area contributed by atoms with Crippen molar-refractivity contribution in [1.29, 1.82) is 0 Å². The highest BCUT2D eigenvalue weighted by molar-refractivity contribution is 5.46. The van der Waals surface area contributed by atoms with Crippen LogP contribution in [0.4, 0.5) is 5.69 Å². The first-order valence-corrected chi connectivity index (χ1v) is 5.90. The van der Waals surface area contributed by atoms with Crippen molar-refractivity contribution in [2.75, 3.05) is 25.1 Å². The Morgan fingerprint density at radius 3 is 3.06 bits per heavy atom. The number of nitrogens with one attached hydrogen (secondary N) is 1. The largest absolute Gasteiger partial charge is 0.381 e. The van der Waals surface area contributed by atoms with E-state index < -0.39 is 0 Å². The van der Waals surface area contributed by atoms with Crippen LogP contribution in [0, 0.1) is 12.8 Å². The number of anilines is 1. The molecule has 1 heterocycles. The van der Waals surface area contributed by atoms with Gasteiger partial charge >= 0.3 is 0 Å². The van der Waals surface area contributed by atoms with Crippen molar-refractivity contribution in [3.8, 4) is 0 Å². The van der Waals surface area contributed by atoms with Gasteiger partial charge in [-0.3, -0.25) is 0 Å². The maximum absolute atomic E-state index is 5.82. The Morgan fingerprint density at radius 2 is 2.44 bits per heavy atom. The van der Waals surface area contributed by atoms with Crippen molar-refractivity contribution in [2.45, 2.75) is 19.4 Å². The first kappa shape index (κ1) is 11.4. The molecule has 3 nitrogen and oxygen atoms in total. The smallest absolute Gasteiger partial charge is 0.0515 e. The second kappa shape index (κ2) is 5.32. The summed E-state index contributed by atoms with van der Waals surface area (Å²) >= 11 is 0. The molecule has 2 atom stereocenters. The fraction of sp³-hybridized carbons (Fsp3) is 0.538. The summed E-state index contributed by atoms with van der Waals surface area (Å²) in [4.78, 5) is 0. The van der Waals surface area contributed by atoms with Gasteiger partial charge in [0.05, 0.1) is 6.61 Å². The van der Waals surface area contributed by atoms with Gasteiger partial charge in [-0.2, -0.15) is 0 Å². The molecule has 2 unspecified atom stereocenters. The molecule has 0 spiro atoms. The van der Waals surface area contributed by atoms with Gasteiger partial charge in [-0.25, -0.2) is 0 Å². The van der Waals surface area contributed by atoms with Crippen molar-refractivity contribution in [3.63, 3.8) is 0 Å². The predicted molar refractivity (Wildman–Crippen MR) is 66.6 cm³/mol. The average molecular weight is 220 g/mol. The lowest BCUT2D eigenvalue weighted by molar-refractivity contribution is 0.182. The maximum atomic E-state index is 5.82. The summed E-state index contributed by atoms with van der Waals surface area (Å²) in [6, 6.07) is 8.73. The van der Waals surface area contributed by atoms with Crippen LogP contribution in [-0.4, -0.2) is 25.8 Å². The molecule has 0 bridgehead atoms. The number of benzene rings is 1. The molecule has 0 aliphatic carbocycles. The third kappa shape index (κ3) is 2.74. The minimum absolute atomic E-state index is 0.323. The normalized spacial score (nSPS) is 22.0. The molecular formula is C13H20N2O. The van der Waals surface area contributed by atoms with E-state index in [1.54, 1.807) is 0 Å². The molecule has 0 amide bonds. The van der Waals surface area contributed by atoms with Crippen LogP contribution >= 0.6 is 0 Å². The fourth-order valence-electron chi connectivity index (χ4n) is 2.19. The fourth-order valence-corrected chi connectivity index (χ4v) is 2.19. The number of ether oxygens (including phenoxy) is 1. The molecule has 1 aliphatic rings. The maximum Gasteiger partial charge on any atom is 0.0515 e. The molecule has 16 heavy (non-hydrogen) atoms. The molecule has 88 valence electrons. The molecule has 3 heteroatoms. The Balaban J connectivity index is 2.00. The summed E-state index contributed by atoms with van der Waals surface area (Å²) in [5.41, 5.74) is 8.24. The molecule has 0 aromatic heterocycles. The Hall–Kier alpha value is -1.06. The van der Waals surface area contributed by atoms with Crippen molar-refractivity contribution < 1.29 is 4.74 Å². The van der Waals surface area contributed by atoms with E-state index >= 15 is 0 Å². The van der Waals surface area contributed by atoms with E-state index in [2.05, 4.69) is 36.5 Å². The summed E-state index contributed by atoms with van der Waals surface area (Å²) in [5.74, 6) is 0.547. The van der Waals surface area contributed by atoms with E-state index in [-0.39, 0.29) is 0 Å². The molecule has 0 saturated carbocycles. The molecule has 1 saturated heterocycles. The average Bonchev–Trinajstić information content (AvgIpc) is 2.79.